The van der Waals surface area contributed by atoms with Crippen molar-refractivity contribution in [2.75, 3.05) is 5.73 Å². The van der Waals surface area contributed by atoms with E-state index < -0.39 is 11.9 Å². The number of hydrogen-bond acceptors (Lipinski definition) is 4. The van der Waals surface area contributed by atoms with Crippen LogP contribution in [0.15, 0.2) is 30.4 Å². The zero-order chi connectivity index (χ0) is 12.3. The van der Waals surface area contributed by atoms with Crippen LogP contribution in [-0.2, 0) is 4.79 Å². The van der Waals surface area contributed by atoms with Crippen molar-refractivity contribution in [1.29, 1.82) is 0 Å². The summed E-state index contributed by atoms with van der Waals surface area (Å²) in [6.07, 6.45) is 0. The van der Waals surface area contributed by atoms with Crippen LogP contribution in [0, 0.1) is 0 Å². The number of rotatable bonds is 3. The van der Waals surface area contributed by atoms with E-state index in [1.54, 1.807) is 0 Å². The summed E-state index contributed by atoms with van der Waals surface area (Å²) in [5.41, 5.74) is 5.85. The molecule has 0 spiro atoms. The number of carbonyl (C=O) groups excluding carboxylic acids is 1. The number of nitrogens with two attached hydrogens (primary N) is 1. The lowest BCUT2D eigenvalue weighted by molar-refractivity contribution is -0.130. The standard InChI is InChI=1S/C11H11NO4/c1-6(2)11(15)16-9-5-7(12)3-4-8(9)10(13)14/h3-5H,1,12H2,2H3,(H,13,14). The van der Waals surface area contributed by atoms with Gasteiger partial charge in [0, 0.05) is 17.3 Å². The highest BCUT2D eigenvalue weighted by molar-refractivity contribution is 5.95. The Labute approximate surface area is 92.1 Å². The second kappa shape index (κ2) is 4.48. The largest absolute Gasteiger partial charge is 0.478 e. The van der Waals surface area contributed by atoms with Gasteiger partial charge >= 0.3 is 11.9 Å². The third kappa shape index (κ3) is 2.60. The Hall–Kier alpha value is -2.30. The van der Waals surface area contributed by atoms with Gasteiger partial charge in [-0.15, -0.1) is 0 Å². The molecular weight excluding hydrogens is 210 g/mol. The molecule has 3 N–H and O–H groups in total. The summed E-state index contributed by atoms with van der Waals surface area (Å²) in [4.78, 5) is 22.1. The van der Waals surface area contributed by atoms with Gasteiger partial charge in [-0.25, -0.2) is 9.59 Å². The molecule has 0 unspecified atom stereocenters. The number of carboxylic acid groups (broad SMARTS) is 1. The third-order valence-corrected chi connectivity index (χ3v) is 1.79. The van der Waals surface area contributed by atoms with Gasteiger partial charge in [-0.3, -0.25) is 0 Å². The molecule has 0 fully saturated rings. The first-order valence-electron chi connectivity index (χ1n) is 4.42. The molecule has 16 heavy (non-hydrogen) atoms. The number of hydrogen-bond donors (Lipinski definition) is 2. The third-order valence-electron chi connectivity index (χ3n) is 1.79. The van der Waals surface area contributed by atoms with E-state index in [-0.39, 0.29) is 16.9 Å². The summed E-state index contributed by atoms with van der Waals surface area (Å²) in [7, 11) is 0. The smallest absolute Gasteiger partial charge is 0.339 e. The first-order chi connectivity index (χ1) is 7.41. The highest BCUT2D eigenvalue weighted by Crippen LogP contribution is 2.22. The summed E-state index contributed by atoms with van der Waals surface area (Å²) in [6, 6.07) is 3.98. The number of carbonyl (C=O) groups is 2. The number of ether oxygens (including phenoxy) is 1. The minimum atomic E-state index is -1.19. The van der Waals surface area contributed by atoms with Crippen LogP contribution in [-0.4, -0.2) is 17.0 Å². The molecule has 0 aliphatic heterocycles. The Balaban J connectivity index is 3.10. The van der Waals surface area contributed by atoms with Gasteiger partial charge in [-0.2, -0.15) is 0 Å². The van der Waals surface area contributed by atoms with Crippen molar-refractivity contribution in [1.82, 2.24) is 0 Å². The van der Waals surface area contributed by atoms with E-state index in [9.17, 15) is 9.59 Å². The van der Waals surface area contributed by atoms with Crippen LogP contribution >= 0.6 is 0 Å². The maximum Gasteiger partial charge on any atom is 0.339 e. The second-order valence-corrected chi connectivity index (χ2v) is 3.23. The minimum Gasteiger partial charge on any atom is -0.478 e. The number of aromatic carboxylic acids is 1. The summed E-state index contributed by atoms with van der Waals surface area (Å²) < 4.78 is 4.85. The molecule has 5 heteroatoms. The van der Waals surface area contributed by atoms with Gasteiger partial charge in [0.15, 0.2) is 0 Å². The molecule has 1 rings (SSSR count). The first kappa shape index (κ1) is 11.8. The van der Waals surface area contributed by atoms with Crippen LogP contribution in [0.4, 0.5) is 5.69 Å². The lowest BCUT2D eigenvalue weighted by Crippen LogP contribution is -2.11. The van der Waals surface area contributed by atoms with E-state index in [0.717, 1.165) is 0 Å². The zero-order valence-corrected chi connectivity index (χ0v) is 8.69. The topological polar surface area (TPSA) is 89.6 Å². The van der Waals surface area contributed by atoms with Gasteiger partial charge in [0.2, 0.25) is 0 Å². The van der Waals surface area contributed by atoms with E-state index in [2.05, 4.69) is 6.58 Å². The predicted molar refractivity (Wildman–Crippen MR) is 58.3 cm³/mol. The number of anilines is 1. The highest BCUT2D eigenvalue weighted by atomic mass is 16.5. The molecule has 0 aromatic heterocycles. The van der Waals surface area contributed by atoms with Crippen LogP contribution in [0.3, 0.4) is 0 Å². The fourth-order valence-electron chi connectivity index (χ4n) is 0.987. The molecule has 0 bridgehead atoms. The van der Waals surface area contributed by atoms with E-state index in [4.69, 9.17) is 15.6 Å². The summed E-state index contributed by atoms with van der Waals surface area (Å²) >= 11 is 0. The van der Waals surface area contributed by atoms with E-state index in [0.29, 0.717) is 5.69 Å². The Morgan fingerprint density at radius 2 is 2.06 bits per heavy atom. The molecule has 0 aliphatic rings. The first-order valence-corrected chi connectivity index (χ1v) is 4.42. The normalized spacial score (nSPS) is 9.56. The molecule has 5 nitrogen and oxygen atoms in total. The van der Waals surface area contributed by atoms with Crippen molar-refractivity contribution >= 4 is 17.6 Å². The minimum absolute atomic E-state index is 0.0829. The second-order valence-electron chi connectivity index (χ2n) is 3.23. The summed E-state index contributed by atoms with van der Waals surface area (Å²) in [6.45, 7) is 4.86. The molecule has 0 amide bonds. The fraction of sp³-hybridized carbons (Fsp3) is 0.0909. The molecule has 0 saturated heterocycles. The molecule has 0 radical (unpaired) electrons. The van der Waals surface area contributed by atoms with Gasteiger partial charge in [-0.1, -0.05) is 6.58 Å². The number of carboxylic acids is 1. The molecule has 84 valence electrons. The van der Waals surface area contributed by atoms with Crippen LogP contribution in [0.25, 0.3) is 0 Å². The van der Waals surface area contributed by atoms with Crippen molar-refractivity contribution in [2.45, 2.75) is 6.92 Å². The van der Waals surface area contributed by atoms with Crippen molar-refractivity contribution in [3.8, 4) is 5.75 Å². The van der Waals surface area contributed by atoms with Crippen molar-refractivity contribution in [3.63, 3.8) is 0 Å². The molecule has 0 heterocycles. The predicted octanol–water partition coefficient (Wildman–Crippen LogP) is 1.45. The maximum absolute atomic E-state index is 11.2. The lowest BCUT2D eigenvalue weighted by atomic mass is 10.2. The fourth-order valence-corrected chi connectivity index (χ4v) is 0.987. The van der Waals surface area contributed by atoms with Gasteiger partial charge < -0.3 is 15.6 Å². The Bertz CT molecular complexity index is 465. The van der Waals surface area contributed by atoms with Crippen molar-refractivity contribution < 1.29 is 19.4 Å². The van der Waals surface area contributed by atoms with Crippen LogP contribution in [0.2, 0.25) is 0 Å². The number of benzene rings is 1. The number of nitrogen functional groups attached to an aromatic ring is 1. The highest BCUT2D eigenvalue weighted by Gasteiger charge is 2.15. The Morgan fingerprint density at radius 1 is 1.44 bits per heavy atom. The molecule has 1 aromatic rings. The molecular formula is C11H11NO4. The Morgan fingerprint density at radius 3 is 2.56 bits per heavy atom. The van der Waals surface area contributed by atoms with Crippen LogP contribution in [0.1, 0.15) is 17.3 Å². The van der Waals surface area contributed by atoms with Gasteiger partial charge in [0.25, 0.3) is 0 Å². The van der Waals surface area contributed by atoms with E-state index in [1.165, 1.54) is 25.1 Å². The molecule has 0 saturated carbocycles. The van der Waals surface area contributed by atoms with E-state index >= 15 is 0 Å². The van der Waals surface area contributed by atoms with Crippen LogP contribution in [0.5, 0.6) is 5.75 Å². The molecule has 0 aliphatic carbocycles. The van der Waals surface area contributed by atoms with Crippen molar-refractivity contribution in [3.05, 3.63) is 35.9 Å². The Kier molecular flexibility index (Phi) is 3.30. The van der Waals surface area contributed by atoms with Gasteiger partial charge in [-0.05, 0) is 19.1 Å². The SMILES string of the molecule is C=C(C)C(=O)Oc1cc(N)ccc1C(=O)O. The molecule has 1 aromatic carbocycles. The van der Waals surface area contributed by atoms with Gasteiger partial charge in [0.1, 0.15) is 11.3 Å². The zero-order valence-electron chi connectivity index (χ0n) is 8.69. The number of esters is 1. The summed E-state index contributed by atoms with van der Waals surface area (Å²) in [5.74, 6) is -1.96. The quantitative estimate of drug-likeness (QED) is 0.349. The average Bonchev–Trinajstić information content (AvgIpc) is 2.16. The summed E-state index contributed by atoms with van der Waals surface area (Å²) in [5, 5.41) is 8.85. The van der Waals surface area contributed by atoms with Crippen molar-refractivity contribution in [2.24, 2.45) is 0 Å². The van der Waals surface area contributed by atoms with Gasteiger partial charge in [0.05, 0.1) is 0 Å². The maximum atomic E-state index is 11.2. The molecule has 0 atom stereocenters. The monoisotopic (exact) mass is 221 g/mol. The lowest BCUT2D eigenvalue weighted by Gasteiger charge is -2.07. The average molecular weight is 221 g/mol. The van der Waals surface area contributed by atoms with Crippen LogP contribution < -0.4 is 10.5 Å². The van der Waals surface area contributed by atoms with E-state index in [1.807, 2.05) is 0 Å².